The van der Waals surface area contributed by atoms with Crippen LogP contribution in [0.2, 0.25) is 10.0 Å². The van der Waals surface area contributed by atoms with Crippen LogP contribution in [-0.2, 0) is 16.4 Å². The van der Waals surface area contributed by atoms with Crippen molar-refractivity contribution in [2.75, 3.05) is 16.2 Å². The van der Waals surface area contributed by atoms with Crippen LogP contribution in [0, 0.1) is 10.1 Å². The quantitative estimate of drug-likeness (QED) is 0.373. The predicted molar refractivity (Wildman–Crippen MR) is 127 cm³/mol. The molecule has 0 bridgehead atoms. The Labute approximate surface area is 199 Å². The number of aryl methyl sites for hydroxylation is 1. The molecule has 1 heterocycles. The van der Waals surface area contributed by atoms with Crippen molar-refractivity contribution in [3.05, 3.63) is 92.0 Å². The highest BCUT2D eigenvalue weighted by atomic mass is 35.5. The number of carbonyl (C=O) groups excluding carboxylic acids is 1. The first kappa shape index (κ1) is 23.0. The van der Waals surface area contributed by atoms with E-state index in [-0.39, 0.29) is 26.2 Å². The molecule has 0 atom stereocenters. The Bertz CT molecular complexity index is 1380. The highest BCUT2D eigenvalue weighted by Crippen LogP contribution is 2.34. The number of anilines is 2. The number of halogens is 2. The summed E-state index contributed by atoms with van der Waals surface area (Å²) in [6.45, 7) is 0.318. The van der Waals surface area contributed by atoms with E-state index in [4.69, 9.17) is 23.2 Å². The molecule has 3 aromatic carbocycles. The van der Waals surface area contributed by atoms with Crippen molar-refractivity contribution in [1.29, 1.82) is 0 Å². The summed E-state index contributed by atoms with van der Waals surface area (Å²) in [5.41, 5.74) is 0.715. The average Bonchev–Trinajstić information content (AvgIpc) is 2.79. The minimum absolute atomic E-state index is 0.00214. The molecule has 0 radical (unpaired) electrons. The topological polar surface area (TPSA) is 110 Å². The fourth-order valence-electron chi connectivity index (χ4n) is 3.71. The van der Waals surface area contributed by atoms with Gasteiger partial charge in [0.1, 0.15) is 10.6 Å². The number of nitrogens with one attached hydrogen (secondary N) is 1. The number of hydrogen-bond acceptors (Lipinski definition) is 5. The summed E-state index contributed by atoms with van der Waals surface area (Å²) in [4.78, 5) is 23.3. The summed E-state index contributed by atoms with van der Waals surface area (Å²) in [5.74, 6) is -0.844. The van der Waals surface area contributed by atoms with E-state index in [1.165, 1.54) is 40.7 Å². The Balaban J connectivity index is 1.69. The summed E-state index contributed by atoms with van der Waals surface area (Å²) in [7, 11) is -3.95. The second-order valence-electron chi connectivity index (χ2n) is 7.30. The van der Waals surface area contributed by atoms with Crippen molar-refractivity contribution >= 4 is 56.2 Å². The predicted octanol–water partition coefficient (Wildman–Crippen LogP) is 5.30. The van der Waals surface area contributed by atoms with E-state index in [1.807, 2.05) is 12.1 Å². The number of benzene rings is 3. The molecule has 1 N–H and O–H groups in total. The van der Waals surface area contributed by atoms with Crippen molar-refractivity contribution < 1.29 is 18.1 Å². The van der Waals surface area contributed by atoms with Gasteiger partial charge in [0.15, 0.2) is 0 Å². The molecule has 0 aromatic heterocycles. The second-order valence-corrected chi connectivity index (χ2v) is 9.98. The Morgan fingerprint density at radius 1 is 1.03 bits per heavy atom. The molecule has 0 saturated heterocycles. The molecule has 11 heteroatoms. The summed E-state index contributed by atoms with van der Waals surface area (Å²) in [6, 6.07) is 15.2. The third kappa shape index (κ3) is 4.39. The van der Waals surface area contributed by atoms with E-state index in [0.717, 1.165) is 12.0 Å². The first-order chi connectivity index (χ1) is 15.7. The molecule has 33 heavy (non-hydrogen) atoms. The van der Waals surface area contributed by atoms with Gasteiger partial charge in [-0.2, -0.15) is 0 Å². The minimum Gasteiger partial charge on any atom is -0.320 e. The monoisotopic (exact) mass is 505 g/mol. The molecule has 1 amide bonds. The van der Waals surface area contributed by atoms with E-state index in [1.54, 1.807) is 12.1 Å². The number of amides is 1. The molecule has 0 aliphatic carbocycles. The van der Waals surface area contributed by atoms with Crippen molar-refractivity contribution in [2.45, 2.75) is 17.7 Å². The Morgan fingerprint density at radius 2 is 1.79 bits per heavy atom. The number of nitrogens with zero attached hydrogens (tertiary/aromatic N) is 2. The normalized spacial score (nSPS) is 13.3. The highest BCUT2D eigenvalue weighted by Gasteiger charge is 2.30. The van der Waals surface area contributed by atoms with E-state index < -0.39 is 26.5 Å². The van der Waals surface area contributed by atoms with Gasteiger partial charge in [-0.15, -0.1) is 0 Å². The van der Waals surface area contributed by atoms with Crippen LogP contribution in [0.1, 0.15) is 22.3 Å². The van der Waals surface area contributed by atoms with Gasteiger partial charge >= 0.3 is 5.69 Å². The molecule has 0 spiro atoms. The van der Waals surface area contributed by atoms with Crippen molar-refractivity contribution in [1.82, 2.24) is 0 Å². The standard InChI is InChI=1S/C22H17Cl2N3O5S/c23-17-11-10-15(33(31,32)26-12-4-6-14-5-1-2-9-20(14)26)13-19(17)25-22(28)16-7-3-8-18(24)21(16)27(29)30/h1-3,5,7-11,13H,4,6,12H2,(H,25,28). The van der Waals surface area contributed by atoms with Gasteiger partial charge in [-0.05, 0) is 54.8 Å². The third-order valence-electron chi connectivity index (χ3n) is 5.26. The van der Waals surface area contributed by atoms with Crippen LogP contribution >= 0.6 is 23.2 Å². The van der Waals surface area contributed by atoms with E-state index in [2.05, 4.69) is 5.32 Å². The van der Waals surface area contributed by atoms with E-state index in [9.17, 15) is 23.3 Å². The number of nitro groups is 1. The fraction of sp³-hybridized carbons (Fsp3) is 0.136. The SMILES string of the molecule is O=C(Nc1cc(S(=O)(=O)N2CCCc3ccccc32)ccc1Cl)c1cccc(Cl)c1[N+](=O)[O-]. The van der Waals surface area contributed by atoms with Crippen LogP contribution in [0.5, 0.6) is 0 Å². The van der Waals surface area contributed by atoms with Crippen LogP contribution in [0.25, 0.3) is 0 Å². The number of rotatable bonds is 5. The van der Waals surface area contributed by atoms with Gasteiger partial charge in [0.25, 0.3) is 15.9 Å². The van der Waals surface area contributed by atoms with Crippen LogP contribution in [0.3, 0.4) is 0 Å². The number of carbonyl (C=O) groups is 1. The second kappa shape index (κ2) is 9.01. The zero-order valence-corrected chi connectivity index (χ0v) is 19.3. The molecule has 4 rings (SSSR count). The van der Waals surface area contributed by atoms with Crippen molar-refractivity contribution in [3.8, 4) is 0 Å². The molecular formula is C22H17Cl2N3O5S. The van der Waals surface area contributed by atoms with Crippen LogP contribution in [0.4, 0.5) is 17.1 Å². The number of nitro benzene ring substituents is 1. The first-order valence-electron chi connectivity index (χ1n) is 9.84. The molecule has 0 fully saturated rings. The molecule has 8 nitrogen and oxygen atoms in total. The number of para-hydroxylation sites is 2. The molecule has 1 aliphatic heterocycles. The zero-order valence-electron chi connectivity index (χ0n) is 17.0. The Hall–Kier alpha value is -3.14. The molecule has 3 aromatic rings. The summed E-state index contributed by atoms with van der Waals surface area (Å²) in [5, 5.41) is 13.7. The van der Waals surface area contributed by atoms with Gasteiger partial charge in [0.05, 0.1) is 26.2 Å². The van der Waals surface area contributed by atoms with Crippen molar-refractivity contribution in [3.63, 3.8) is 0 Å². The fourth-order valence-corrected chi connectivity index (χ4v) is 5.69. The molecule has 0 unspecified atom stereocenters. The maximum absolute atomic E-state index is 13.4. The third-order valence-corrected chi connectivity index (χ3v) is 7.70. The summed E-state index contributed by atoms with van der Waals surface area (Å²) in [6.07, 6.45) is 1.45. The van der Waals surface area contributed by atoms with Gasteiger partial charge in [-0.25, -0.2) is 8.42 Å². The largest absolute Gasteiger partial charge is 0.320 e. The number of fused-ring (bicyclic) bond motifs is 1. The van der Waals surface area contributed by atoms with Gasteiger partial charge < -0.3 is 5.32 Å². The van der Waals surface area contributed by atoms with Crippen LogP contribution in [0.15, 0.2) is 65.6 Å². The van der Waals surface area contributed by atoms with Crippen LogP contribution in [-0.4, -0.2) is 25.8 Å². The maximum Gasteiger partial charge on any atom is 0.300 e. The molecule has 1 aliphatic rings. The van der Waals surface area contributed by atoms with Gasteiger partial charge in [-0.3, -0.25) is 19.2 Å². The lowest BCUT2D eigenvalue weighted by molar-refractivity contribution is -0.385. The van der Waals surface area contributed by atoms with Crippen molar-refractivity contribution in [2.24, 2.45) is 0 Å². The average molecular weight is 506 g/mol. The minimum atomic E-state index is -3.95. The van der Waals surface area contributed by atoms with Crippen LogP contribution < -0.4 is 9.62 Å². The van der Waals surface area contributed by atoms with Gasteiger partial charge in [0.2, 0.25) is 0 Å². The zero-order chi connectivity index (χ0) is 23.8. The Kier molecular flexibility index (Phi) is 6.29. The Morgan fingerprint density at radius 3 is 2.55 bits per heavy atom. The first-order valence-corrected chi connectivity index (χ1v) is 12.0. The number of sulfonamides is 1. The molecule has 170 valence electrons. The molecule has 0 saturated carbocycles. The molecular weight excluding hydrogens is 489 g/mol. The van der Waals surface area contributed by atoms with Gasteiger partial charge in [-0.1, -0.05) is 47.5 Å². The number of hydrogen-bond donors (Lipinski definition) is 1. The lowest BCUT2D eigenvalue weighted by atomic mass is 10.0. The maximum atomic E-state index is 13.4. The van der Waals surface area contributed by atoms with E-state index >= 15 is 0 Å². The smallest absolute Gasteiger partial charge is 0.300 e. The summed E-state index contributed by atoms with van der Waals surface area (Å²) < 4.78 is 28.2. The van der Waals surface area contributed by atoms with Gasteiger partial charge in [0, 0.05) is 6.54 Å². The van der Waals surface area contributed by atoms with E-state index in [0.29, 0.717) is 18.7 Å². The summed E-state index contributed by atoms with van der Waals surface area (Å²) >= 11 is 12.1. The highest BCUT2D eigenvalue weighted by molar-refractivity contribution is 7.92. The lowest BCUT2D eigenvalue weighted by Crippen LogP contribution is -2.35. The lowest BCUT2D eigenvalue weighted by Gasteiger charge is -2.30.